The third-order valence-corrected chi connectivity index (χ3v) is 3.74. The Hall–Kier alpha value is -2.20. The van der Waals surface area contributed by atoms with Gasteiger partial charge in [-0.1, -0.05) is 10.3 Å². The summed E-state index contributed by atoms with van der Waals surface area (Å²) in [6.07, 6.45) is 3.56. The van der Waals surface area contributed by atoms with Crippen LogP contribution in [0.3, 0.4) is 0 Å². The summed E-state index contributed by atoms with van der Waals surface area (Å²) in [5.41, 5.74) is 0. The highest BCUT2D eigenvalue weighted by atomic mass is 16.4. The van der Waals surface area contributed by atoms with Crippen LogP contribution >= 0.6 is 0 Å². The average Bonchev–Trinajstić information content (AvgIpc) is 2.56. The van der Waals surface area contributed by atoms with E-state index in [9.17, 15) is 9.59 Å². The number of rotatable bonds is 10. The van der Waals surface area contributed by atoms with Crippen LogP contribution in [0.2, 0.25) is 0 Å². The van der Waals surface area contributed by atoms with Crippen molar-refractivity contribution >= 4 is 24.2 Å². The Morgan fingerprint density at radius 3 is 1.88 bits per heavy atom. The van der Waals surface area contributed by atoms with Gasteiger partial charge in [0.05, 0.1) is 0 Å². The number of amides is 2. The first-order chi connectivity index (χ1) is 11.7. The molecule has 1 saturated heterocycles. The van der Waals surface area contributed by atoms with Crippen molar-refractivity contribution in [3.63, 3.8) is 0 Å². The Morgan fingerprint density at radius 2 is 1.33 bits per heavy atom. The van der Waals surface area contributed by atoms with Crippen LogP contribution < -0.4 is 10.6 Å². The van der Waals surface area contributed by atoms with Gasteiger partial charge < -0.3 is 25.9 Å². The molecule has 0 aromatic rings. The van der Waals surface area contributed by atoms with E-state index in [4.69, 9.17) is 10.4 Å². The largest absolute Gasteiger partial charge is 0.411 e. The Kier molecular flexibility index (Phi) is 10.1. The van der Waals surface area contributed by atoms with Gasteiger partial charge in [-0.15, -0.1) is 0 Å². The van der Waals surface area contributed by atoms with Crippen LogP contribution in [-0.2, 0) is 9.59 Å². The molecule has 1 fully saturated rings. The topological polar surface area (TPSA) is 130 Å². The number of carbonyl (C=O) groups is 2. The second kappa shape index (κ2) is 12.3. The average molecular weight is 342 g/mol. The standard InChI is InChI=1S/C14H26N6O4/c21-13(11-17-23)15-3-1-2-5-19-7-9-20(10-8-19)6-4-16-14(22)12-18-24/h11-12,23-24H,1-10H2,(H,15,21)(H,16,22)/b17-11+,18-12+. The van der Waals surface area contributed by atoms with Crippen molar-refractivity contribution in [1.29, 1.82) is 0 Å². The van der Waals surface area contributed by atoms with E-state index in [1.807, 2.05) is 0 Å². The van der Waals surface area contributed by atoms with Gasteiger partial charge in [-0.25, -0.2) is 0 Å². The fourth-order valence-electron chi connectivity index (χ4n) is 2.44. The van der Waals surface area contributed by atoms with Gasteiger partial charge in [-0.2, -0.15) is 0 Å². The number of nitrogens with one attached hydrogen (secondary N) is 2. The highest BCUT2D eigenvalue weighted by molar-refractivity contribution is 6.26. The molecule has 10 nitrogen and oxygen atoms in total. The van der Waals surface area contributed by atoms with Gasteiger partial charge in [0, 0.05) is 45.8 Å². The monoisotopic (exact) mass is 342 g/mol. The summed E-state index contributed by atoms with van der Waals surface area (Å²) in [5.74, 6) is -0.781. The van der Waals surface area contributed by atoms with Gasteiger partial charge in [-0.3, -0.25) is 14.5 Å². The second-order valence-electron chi connectivity index (χ2n) is 5.46. The molecule has 0 aromatic carbocycles. The summed E-state index contributed by atoms with van der Waals surface area (Å²) < 4.78 is 0. The van der Waals surface area contributed by atoms with Crippen molar-refractivity contribution in [3.8, 4) is 0 Å². The lowest BCUT2D eigenvalue weighted by molar-refractivity contribution is -0.115. The van der Waals surface area contributed by atoms with Crippen molar-refractivity contribution in [2.45, 2.75) is 12.8 Å². The number of oxime groups is 2. The van der Waals surface area contributed by atoms with Crippen LogP contribution in [0.25, 0.3) is 0 Å². The molecule has 1 heterocycles. The lowest BCUT2D eigenvalue weighted by Gasteiger charge is -2.34. The Bertz CT molecular complexity index is 435. The molecule has 0 unspecified atom stereocenters. The summed E-state index contributed by atoms with van der Waals surface area (Å²) in [4.78, 5) is 26.8. The molecular formula is C14H26N6O4. The Morgan fingerprint density at radius 1 is 0.833 bits per heavy atom. The fraction of sp³-hybridized carbons (Fsp3) is 0.714. The van der Waals surface area contributed by atoms with Gasteiger partial charge in [-0.05, 0) is 19.4 Å². The van der Waals surface area contributed by atoms with Crippen LogP contribution in [0, 0.1) is 0 Å². The molecule has 136 valence electrons. The zero-order valence-electron chi connectivity index (χ0n) is 13.7. The molecule has 0 aliphatic carbocycles. The van der Waals surface area contributed by atoms with Crippen LogP contribution in [0.15, 0.2) is 10.3 Å². The highest BCUT2D eigenvalue weighted by Gasteiger charge is 2.15. The predicted molar refractivity (Wildman–Crippen MR) is 88.7 cm³/mol. The predicted octanol–water partition coefficient (Wildman–Crippen LogP) is -1.46. The van der Waals surface area contributed by atoms with E-state index in [2.05, 4.69) is 30.7 Å². The number of carbonyl (C=O) groups excluding carboxylic acids is 2. The van der Waals surface area contributed by atoms with Gasteiger partial charge in [0.1, 0.15) is 12.4 Å². The maximum absolute atomic E-state index is 11.1. The van der Waals surface area contributed by atoms with Crippen LogP contribution in [-0.4, -0.2) is 96.8 Å². The minimum atomic E-state index is -0.395. The van der Waals surface area contributed by atoms with E-state index in [0.717, 1.165) is 64.5 Å². The fourth-order valence-corrected chi connectivity index (χ4v) is 2.44. The van der Waals surface area contributed by atoms with Gasteiger partial charge in [0.15, 0.2) is 0 Å². The quantitative estimate of drug-likeness (QED) is 0.166. The molecule has 2 amide bonds. The zero-order chi connectivity index (χ0) is 17.6. The van der Waals surface area contributed by atoms with E-state index in [1.165, 1.54) is 0 Å². The lowest BCUT2D eigenvalue weighted by atomic mass is 10.2. The number of hydrogen-bond donors (Lipinski definition) is 4. The van der Waals surface area contributed by atoms with E-state index in [-0.39, 0.29) is 5.91 Å². The Balaban J connectivity index is 2.01. The third-order valence-electron chi connectivity index (χ3n) is 3.74. The molecule has 0 atom stereocenters. The van der Waals surface area contributed by atoms with Gasteiger partial charge in [0.25, 0.3) is 11.8 Å². The SMILES string of the molecule is O=C(/C=N/O)NCCCCN1CCN(CCNC(=O)/C=N/O)CC1. The summed E-state index contributed by atoms with van der Waals surface area (Å²) in [7, 11) is 0. The minimum Gasteiger partial charge on any atom is -0.411 e. The smallest absolute Gasteiger partial charge is 0.265 e. The van der Waals surface area contributed by atoms with Crippen molar-refractivity contribution < 1.29 is 20.0 Å². The molecule has 1 rings (SSSR count). The molecule has 0 bridgehead atoms. The molecule has 1 aliphatic heterocycles. The van der Waals surface area contributed by atoms with Crippen molar-refractivity contribution in [2.24, 2.45) is 10.3 Å². The first-order valence-electron chi connectivity index (χ1n) is 8.01. The number of nitrogens with zero attached hydrogens (tertiary/aromatic N) is 4. The minimum absolute atomic E-state index is 0.386. The number of unbranched alkanes of at least 4 members (excludes halogenated alkanes) is 1. The first-order valence-corrected chi connectivity index (χ1v) is 8.01. The summed E-state index contributed by atoms with van der Waals surface area (Å²) >= 11 is 0. The molecule has 0 radical (unpaired) electrons. The summed E-state index contributed by atoms with van der Waals surface area (Å²) in [6, 6.07) is 0. The molecule has 0 saturated carbocycles. The molecule has 0 aromatic heterocycles. The van der Waals surface area contributed by atoms with Crippen LogP contribution in [0.5, 0.6) is 0 Å². The van der Waals surface area contributed by atoms with Crippen LogP contribution in [0.4, 0.5) is 0 Å². The zero-order valence-corrected chi connectivity index (χ0v) is 13.7. The first kappa shape index (κ1) is 19.8. The van der Waals surface area contributed by atoms with E-state index >= 15 is 0 Å². The molecule has 1 aliphatic rings. The van der Waals surface area contributed by atoms with Gasteiger partial charge in [0.2, 0.25) is 0 Å². The lowest BCUT2D eigenvalue weighted by Crippen LogP contribution is -2.48. The molecule has 24 heavy (non-hydrogen) atoms. The maximum Gasteiger partial charge on any atom is 0.265 e. The van der Waals surface area contributed by atoms with Crippen molar-refractivity contribution in [3.05, 3.63) is 0 Å². The maximum atomic E-state index is 11.1. The highest BCUT2D eigenvalue weighted by Crippen LogP contribution is 2.02. The molecule has 4 N–H and O–H groups in total. The second-order valence-corrected chi connectivity index (χ2v) is 5.46. The summed E-state index contributed by atoms with van der Waals surface area (Å²) in [6.45, 7) is 6.73. The molecule has 10 heteroatoms. The Labute approximate surface area is 141 Å². The number of piperazine rings is 1. The molecular weight excluding hydrogens is 316 g/mol. The molecule has 0 spiro atoms. The number of hydrogen-bond acceptors (Lipinski definition) is 8. The van der Waals surface area contributed by atoms with E-state index < -0.39 is 5.91 Å². The summed E-state index contributed by atoms with van der Waals surface area (Å²) in [5, 5.41) is 27.0. The van der Waals surface area contributed by atoms with Gasteiger partial charge >= 0.3 is 0 Å². The normalized spacial score (nSPS) is 16.7. The van der Waals surface area contributed by atoms with Crippen LogP contribution in [0.1, 0.15) is 12.8 Å². The van der Waals surface area contributed by atoms with E-state index in [0.29, 0.717) is 13.1 Å². The third kappa shape index (κ3) is 9.06. The van der Waals surface area contributed by atoms with Crippen molar-refractivity contribution in [2.75, 3.05) is 52.4 Å². The van der Waals surface area contributed by atoms with E-state index in [1.54, 1.807) is 0 Å². The van der Waals surface area contributed by atoms with Crippen molar-refractivity contribution in [1.82, 2.24) is 20.4 Å².